The fourth-order valence-corrected chi connectivity index (χ4v) is 1.57. The van der Waals surface area contributed by atoms with Crippen LogP contribution in [-0.2, 0) is 0 Å². The van der Waals surface area contributed by atoms with Crippen LogP contribution < -0.4 is 5.32 Å². The minimum Gasteiger partial charge on any atom is -0.319 e. The molecule has 0 aliphatic carbocycles. The molecule has 1 aromatic carbocycles. The van der Waals surface area contributed by atoms with E-state index in [1.165, 1.54) is 0 Å². The molecule has 72 valence electrons. The summed E-state index contributed by atoms with van der Waals surface area (Å²) >= 11 is 0. The van der Waals surface area contributed by atoms with Gasteiger partial charge in [0.25, 0.3) is 0 Å². The molecule has 1 aliphatic rings. The van der Waals surface area contributed by atoms with Gasteiger partial charge in [0.05, 0.1) is 11.6 Å². The van der Waals surface area contributed by atoms with Gasteiger partial charge >= 0.3 is 0 Å². The van der Waals surface area contributed by atoms with Gasteiger partial charge in [-0.05, 0) is 12.6 Å². The molecule has 0 bridgehead atoms. The molecule has 0 amide bonds. The minimum absolute atomic E-state index is 0.308. The van der Waals surface area contributed by atoms with Crippen LogP contribution in [0.2, 0.25) is 0 Å². The Bertz CT molecular complexity index is 354. The molecule has 1 aromatic rings. The molecule has 0 saturated carbocycles. The molecule has 0 fully saturated rings. The first-order chi connectivity index (χ1) is 6.92. The third-order valence-electron chi connectivity index (χ3n) is 2.26. The van der Waals surface area contributed by atoms with Crippen molar-refractivity contribution in [1.82, 2.24) is 5.32 Å². The molecule has 3 heteroatoms. The predicted octanol–water partition coefficient (Wildman–Crippen LogP) is 1.31. The summed E-state index contributed by atoms with van der Waals surface area (Å²) in [6, 6.07) is 10.2. The van der Waals surface area contributed by atoms with E-state index < -0.39 is 0 Å². The quantitative estimate of drug-likeness (QED) is 0.761. The van der Waals surface area contributed by atoms with E-state index in [1.54, 1.807) is 0 Å². The van der Waals surface area contributed by atoms with E-state index in [-0.39, 0.29) is 0 Å². The molecular weight excluding hydrogens is 174 g/mol. The van der Waals surface area contributed by atoms with E-state index in [0.29, 0.717) is 5.92 Å². The van der Waals surface area contributed by atoms with Crippen LogP contribution in [0.4, 0.5) is 0 Å². The smallest absolute Gasteiger partial charge is 0.0800 e. The summed E-state index contributed by atoms with van der Waals surface area (Å²) in [6.45, 7) is 0.886. The van der Waals surface area contributed by atoms with Crippen LogP contribution in [0.1, 0.15) is 5.56 Å². The highest BCUT2D eigenvalue weighted by molar-refractivity contribution is 6.11. The fraction of sp³-hybridized carbons (Fsp3) is 0.273. The van der Waals surface area contributed by atoms with Crippen LogP contribution >= 0.6 is 0 Å². The molecule has 2 rings (SSSR count). The Hall–Kier alpha value is -1.48. The molecule has 1 atom stereocenters. The molecule has 0 unspecified atom stereocenters. The molecule has 1 heterocycles. The maximum absolute atomic E-state index is 4.15. The molecule has 0 spiro atoms. The van der Waals surface area contributed by atoms with Crippen molar-refractivity contribution in [2.24, 2.45) is 16.1 Å². The van der Waals surface area contributed by atoms with Gasteiger partial charge in [0, 0.05) is 12.8 Å². The maximum atomic E-state index is 4.15. The van der Waals surface area contributed by atoms with Crippen LogP contribution in [0.5, 0.6) is 0 Å². The summed E-state index contributed by atoms with van der Waals surface area (Å²) in [5, 5.41) is 11.3. The summed E-state index contributed by atoms with van der Waals surface area (Å²) < 4.78 is 0. The van der Waals surface area contributed by atoms with Gasteiger partial charge in [0.1, 0.15) is 0 Å². The van der Waals surface area contributed by atoms with E-state index >= 15 is 0 Å². The van der Waals surface area contributed by atoms with Gasteiger partial charge < -0.3 is 5.32 Å². The lowest BCUT2D eigenvalue weighted by molar-refractivity contribution is 0.768. The number of nitrogens with zero attached hydrogens (tertiary/aromatic N) is 2. The number of benzene rings is 1. The van der Waals surface area contributed by atoms with Gasteiger partial charge in [-0.1, -0.05) is 30.3 Å². The number of rotatable bonds is 3. The van der Waals surface area contributed by atoms with Crippen molar-refractivity contribution < 1.29 is 0 Å². The molecular formula is C11H13N3. The number of hydrogen-bond acceptors (Lipinski definition) is 3. The predicted molar refractivity (Wildman–Crippen MR) is 58.9 cm³/mol. The van der Waals surface area contributed by atoms with E-state index in [2.05, 4.69) is 27.7 Å². The van der Waals surface area contributed by atoms with Gasteiger partial charge in [0.2, 0.25) is 0 Å². The summed E-state index contributed by atoms with van der Waals surface area (Å²) in [7, 11) is 1.94. The molecule has 0 aromatic heterocycles. The first kappa shape index (κ1) is 9.09. The Balaban J connectivity index is 2.20. The van der Waals surface area contributed by atoms with Crippen LogP contribution in [0, 0.1) is 5.92 Å². The van der Waals surface area contributed by atoms with Crippen molar-refractivity contribution in [2.75, 3.05) is 13.6 Å². The standard InChI is InChI=1S/C11H13N3/c1-12-7-10-8-13-14-11(10)9-5-3-2-4-6-9/h2-6,8,10,12H,7H2,1H3/t10-/m0/s1. The van der Waals surface area contributed by atoms with Crippen LogP contribution in [0.3, 0.4) is 0 Å². The monoisotopic (exact) mass is 187 g/mol. The lowest BCUT2D eigenvalue weighted by atomic mass is 9.98. The van der Waals surface area contributed by atoms with Gasteiger partial charge in [-0.15, -0.1) is 0 Å². The van der Waals surface area contributed by atoms with Gasteiger partial charge in [-0.3, -0.25) is 0 Å². The second kappa shape index (κ2) is 4.15. The molecule has 0 radical (unpaired) electrons. The SMILES string of the molecule is CNC[C@H]1C=NN=C1c1ccccc1. The largest absolute Gasteiger partial charge is 0.319 e. The van der Waals surface area contributed by atoms with Crippen molar-refractivity contribution >= 4 is 11.9 Å². The van der Waals surface area contributed by atoms with Crippen LogP contribution in [0.25, 0.3) is 0 Å². The summed E-state index contributed by atoms with van der Waals surface area (Å²) in [5.74, 6) is 0.308. The summed E-state index contributed by atoms with van der Waals surface area (Å²) in [4.78, 5) is 0. The van der Waals surface area contributed by atoms with Gasteiger partial charge in [-0.25, -0.2) is 0 Å². The first-order valence-corrected chi connectivity index (χ1v) is 4.73. The van der Waals surface area contributed by atoms with Crippen molar-refractivity contribution in [3.05, 3.63) is 35.9 Å². The molecule has 1 N–H and O–H groups in total. The Kier molecular flexibility index (Phi) is 2.70. The topological polar surface area (TPSA) is 36.8 Å². The normalized spacial score (nSPS) is 19.8. The third-order valence-corrected chi connectivity index (χ3v) is 2.26. The van der Waals surface area contributed by atoms with Gasteiger partial charge in [-0.2, -0.15) is 10.2 Å². The zero-order valence-corrected chi connectivity index (χ0v) is 8.14. The summed E-state index contributed by atoms with van der Waals surface area (Å²) in [6.07, 6.45) is 1.89. The Morgan fingerprint density at radius 2 is 2.07 bits per heavy atom. The van der Waals surface area contributed by atoms with Crippen LogP contribution in [-0.4, -0.2) is 25.5 Å². The first-order valence-electron chi connectivity index (χ1n) is 4.73. The van der Waals surface area contributed by atoms with Crippen molar-refractivity contribution in [3.63, 3.8) is 0 Å². The number of nitrogens with one attached hydrogen (secondary N) is 1. The molecule has 14 heavy (non-hydrogen) atoms. The fourth-order valence-electron chi connectivity index (χ4n) is 1.57. The second-order valence-electron chi connectivity index (χ2n) is 3.28. The zero-order chi connectivity index (χ0) is 9.80. The Morgan fingerprint density at radius 3 is 2.79 bits per heavy atom. The molecule has 3 nitrogen and oxygen atoms in total. The second-order valence-corrected chi connectivity index (χ2v) is 3.28. The van der Waals surface area contributed by atoms with E-state index in [4.69, 9.17) is 0 Å². The van der Waals surface area contributed by atoms with E-state index in [0.717, 1.165) is 17.8 Å². The third kappa shape index (κ3) is 1.72. The number of hydrogen-bond donors (Lipinski definition) is 1. The summed E-state index contributed by atoms with van der Waals surface area (Å²) in [5.41, 5.74) is 2.21. The van der Waals surface area contributed by atoms with Gasteiger partial charge in [0.15, 0.2) is 0 Å². The highest BCUT2D eigenvalue weighted by Gasteiger charge is 2.18. The van der Waals surface area contributed by atoms with Crippen molar-refractivity contribution in [1.29, 1.82) is 0 Å². The lowest BCUT2D eigenvalue weighted by Gasteiger charge is -2.09. The van der Waals surface area contributed by atoms with E-state index in [1.807, 2.05) is 31.5 Å². The molecule has 1 aliphatic heterocycles. The maximum Gasteiger partial charge on any atom is 0.0800 e. The highest BCUT2D eigenvalue weighted by atomic mass is 15.2. The van der Waals surface area contributed by atoms with Crippen molar-refractivity contribution in [3.8, 4) is 0 Å². The average molecular weight is 187 g/mol. The zero-order valence-electron chi connectivity index (χ0n) is 8.14. The van der Waals surface area contributed by atoms with E-state index in [9.17, 15) is 0 Å². The minimum atomic E-state index is 0.308. The Labute approximate surface area is 83.6 Å². The van der Waals surface area contributed by atoms with Crippen molar-refractivity contribution in [2.45, 2.75) is 0 Å². The molecule has 0 saturated heterocycles. The van der Waals surface area contributed by atoms with Crippen LogP contribution in [0.15, 0.2) is 40.5 Å². The highest BCUT2D eigenvalue weighted by Crippen LogP contribution is 2.12. The lowest BCUT2D eigenvalue weighted by Crippen LogP contribution is -2.25. The average Bonchev–Trinajstić information content (AvgIpc) is 2.68. The Morgan fingerprint density at radius 1 is 1.29 bits per heavy atom.